The summed E-state index contributed by atoms with van der Waals surface area (Å²) in [4.78, 5) is 25.2. The van der Waals surface area contributed by atoms with E-state index in [1.807, 2.05) is 0 Å². The fourth-order valence-electron chi connectivity index (χ4n) is 2.54. The second-order valence-electron chi connectivity index (χ2n) is 4.85. The Kier molecular flexibility index (Phi) is 4.43. The summed E-state index contributed by atoms with van der Waals surface area (Å²) < 4.78 is 0. The van der Waals surface area contributed by atoms with Crippen LogP contribution < -0.4 is 5.73 Å². The van der Waals surface area contributed by atoms with Crippen LogP contribution in [0.2, 0.25) is 5.02 Å². The molecule has 2 N–H and O–H groups in total. The molecule has 5 heteroatoms. The fraction of sp³-hybridized carbons (Fsp3) is 0.429. The number of halogens is 1. The quantitative estimate of drug-likeness (QED) is 0.919. The Morgan fingerprint density at radius 2 is 2.00 bits per heavy atom. The topological polar surface area (TPSA) is 63.4 Å². The summed E-state index contributed by atoms with van der Waals surface area (Å²) in [5, 5.41) is 0.510. The fourth-order valence-corrected chi connectivity index (χ4v) is 2.73. The molecule has 1 aromatic rings. The van der Waals surface area contributed by atoms with E-state index in [9.17, 15) is 9.59 Å². The summed E-state index contributed by atoms with van der Waals surface area (Å²) in [6, 6.07) is 6.88. The molecule has 0 spiro atoms. The zero-order valence-corrected chi connectivity index (χ0v) is 11.4. The van der Waals surface area contributed by atoms with Crippen LogP contribution in [0.3, 0.4) is 0 Å². The Bertz CT molecular complexity index is 484. The van der Waals surface area contributed by atoms with Crippen LogP contribution in [0.5, 0.6) is 0 Å². The van der Waals surface area contributed by atoms with Crippen molar-refractivity contribution in [3.05, 3.63) is 34.9 Å². The van der Waals surface area contributed by atoms with Crippen LogP contribution in [0.25, 0.3) is 0 Å². The number of carbonyl (C=O) groups excluding carboxylic acids is 2. The van der Waals surface area contributed by atoms with Crippen LogP contribution in [0, 0.1) is 0 Å². The SMILES string of the molecule is NC(=O)CN(C(=O)c1cccc(Cl)c1)C1CCCC1. The molecule has 0 heterocycles. The third kappa shape index (κ3) is 3.47. The van der Waals surface area contributed by atoms with Crippen molar-refractivity contribution in [2.24, 2.45) is 5.73 Å². The van der Waals surface area contributed by atoms with Gasteiger partial charge in [0.05, 0.1) is 6.54 Å². The van der Waals surface area contributed by atoms with Gasteiger partial charge in [-0.25, -0.2) is 0 Å². The van der Waals surface area contributed by atoms with E-state index in [1.54, 1.807) is 29.2 Å². The molecule has 0 saturated heterocycles. The maximum Gasteiger partial charge on any atom is 0.254 e. The molecule has 0 atom stereocenters. The average Bonchev–Trinajstić information content (AvgIpc) is 2.88. The first-order valence-corrected chi connectivity index (χ1v) is 6.80. The zero-order chi connectivity index (χ0) is 13.8. The molecule has 102 valence electrons. The van der Waals surface area contributed by atoms with Gasteiger partial charge in [0.15, 0.2) is 0 Å². The summed E-state index contributed by atoms with van der Waals surface area (Å²) in [7, 11) is 0. The normalized spacial score (nSPS) is 15.4. The highest BCUT2D eigenvalue weighted by Gasteiger charge is 2.28. The Balaban J connectivity index is 2.21. The van der Waals surface area contributed by atoms with Crippen LogP contribution in [0.4, 0.5) is 0 Å². The molecular weight excluding hydrogens is 264 g/mol. The number of nitrogens with two attached hydrogens (primary N) is 1. The van der Waals surface area contributed by atoms with Gasteiger partial charge in [-0.05, 0) is 31.0 Å². The Labute approximate surface area is 117 Å². The van der Waals surface area contributed by atoms with Gasteiger partial charge in [0.2, 0.25) is 5.91 Å². The van der Waals surface area contributed by atoms with Crippen molar-refractivity contribution >= 4 is 23.4 Å². The van der Waals surface area contributed by atoms with Crippen LogP contribution in [0.15, 0.2) is 24.3 Å². The molecule has 0 unspecified atom stereocenters. The lowest BCUT2D eigenvalue weighted by molar-refractivity contribution is -0.119. The van der Waals surface area contributed by atoms with Crippen molar-refractivity contribution in [1.29, 1.82) is 0 Å². The highest BCUT2D eigenvalue weighted by Crippen LogP contribution is 2.25. The molecule has 1 aliphatic rings. The van der Waals surface area contributed by atoms with Crippen molar-refractivity contribution in [1.82, 2.24) is 4.90 Å². The van der Waals surface area contributed by atoms with Crippen LogP contribution >= 0.6 is 11.6 Å². The van der Waals surface area contributed by atoms with E-state index < -0.39 is 5.91 Å². The smallest absolute Gasteiger partial charge is 0.254 e. The van der Waals surface area contributed by atoms with E-state index in [2.05, 4.69) is 0 Å². The van der Waals surface area contributed by atoms with E-state index >= 15 is 0 Å². The second kappa shape index (κ2) is 6.06. The standard InChI is InChI=1S/C14H17ClN2O2/c15-11-5-3-4-10(8-11)14(19)17(9-13(16)18)12-6-1-2-7-12/h3-5,8,12H,1-2,6-7,9H2,(H2,16,18). The van der Waals surface area contributed by atoms with Gasteiger partial charge in [0.25, 0.3) is 5.91 Å². The van der Waals surface area contributed by atoms with E-state index in [-0.39, 0.29) is 18.5 Å². The van der Waals surface area contributed by atoms with Gasteiger partial charge in [-0.15, -0.1) is 0 Å². The zero-order valence-electron chi connectivity index (χ0n) is 10.6. The maximum absolute atomic E-state index is 12.5. The minimum atomic E-state index is -0.484. The Morgan fingerprint density at radius 3 is 2.58 bits per heavy atom. The third-order valence-electron chi connectivity index (χ3n) is 3.42. The van der Waals surface area contributed by atoms with Crippen molar-refractivity contribution < 1.29 is 9.59 Å². The van der Waals surface area contributed by atoms with Crippen LogP contribution in [-0.2, 0) is 4.79 Å². The first-order valence-electron chi connectivity index (χ1n) is 6.43. The Morgan fingerprint density at radius 1 is 1.32 bits per heavy atom. The summed E-state index contributed by atoms with van der Waals surface area (Å²) in [6.07, 6.45) is 4.03. The molecule has 4 nitrogen and oxygen atoms in total. The number of hydrogen-bond donors (Lipinski definition) is 1. The monoisotopic (exact) mass is 280 g/mol. The van der Waals surface area contributed by atoms with E-state index in [0.29, 0.717) is 10.6 Å². The van der Waals surface area contributed by atoms with Crippen molar-refractivity contribution in [2.45, 2.75) is 31.7 Å². The molecule has 0 aromatic heterocycles. The highest BCUT2D eigenvalue weighted by molar-refractivity contribution is 6.30. The van der Waals surface area contributed by atoms with Gasteiger partial charge in [-0.1, -0.05) is 30.5 Å². The molecule has 0 radical (unpaired) electrons. The van der Waals surface area contributed by atoms with E-state index in [4.69, 9.17) is 17.3 Å². The molecule has 1 fully saturated rings. The van der Waals surface area contributed by atoms with Gasteiger partial charge in [0, 0.05) is 16.6 Å². The lowest BCUT2D eigenvalue weighted by atomic mass is 10.1. The second-order valence-corrected chi connectivity index (χ2v) is 5.28. The summed E-state index contributed by atoms with van der Waals surface area (Å²) in [5.41, 5.74) is 5.75. The molecule has 1 saturated carbocycles. The van der Waals surface area contributed by atoms with Gasteiger partial charge < -0.3 is 10.6 Å². The van der Waals surface area contributed by atoms with Crippen LogP contribution in [0.1, 0.15) is 36.0 Å². The number of primary amides is 1. The first kappa shape index (κ1) is 13.9. The number of rotatable bonds is 4. The largest absolute Gasteiger partial charge is 0.368 e. The van der Waals surface area contributed by atoms with Gasteiger partial charge in [-0.2, -0.15) is 0 Å². The molecule has 0 aliphatic heterocycles. The first-order chi connectivity index (χ1) is 9.08. The summed E-state index contributed by atoms with van der Waals surface area (Å²) in [5.74, 6) is -0.657. The van der Waals surface area contributed by atoms with Crippen molar-refractivity contribution in [3.63, 3.8) is 0 Å². The predicted molar refractivity (Wildman–Crippen MR) is 73.9 cm³/mol. The van der Waals surface area contributed by atoms with E-state index in [0.717, 1.165) is 25.7 Å². The van der Waals surface area contributed by atoms with Gasteiger partial charge >= 0.3 is 0 Å². The highest BCUT2D eigenvalue weighted by atomic mass is 35.5. The number of hydrogen-bond acceptors (Lipinski definition) is 2. The van der Waals surface area contributed by atoms with Crippen molar-refractivity contribution in [2.75, 3.05) is 6.54 Å². The molecule has 2 rings (SSSR count). The van der Waals surface area contributed by atoms with Crippen molar-refractivity contribution in [3.8, 4) is 0 Å². The van der Waals surface area contributed by atoms with E-state index in [1.165, 1.54) is 0 Å². The molecule has 2 amide bonds. The molecule has 19 heavy (non-hydrogen) atoms. The minimum absolute atomic E-state index is 0.0317. The minimum Gasteiger partial charge on any atom is -0.368 e. The summed E-state index contributed by atoms with van der Waals surface area (Å²) in [6.45, 7) is -0.0317. The lowest BCUT2D eigenvalue weighted by Crippen LogP contribution is -2.44. The molecule has 1 aliphatic carbocycles. The summed E-state index contributed by atoms with van der Waals surface area (Å²) >= 11 is 5.90. The third-order valence-corrected chi connectivity index (χ3v) is 3.66. The lowest BCUT2D eigenvalue weighted by Gasteiger charge is -2.27. The Hall–Kier alpha value is -1.55. The maximum atomic E-state index is 12.5. The number of amides is 2. The van der Waals surface area contributed by atoms with Gasteiger partial charge in [-0.3, -0.25) is 9.59 Å². The molecular formula is C14H17ClN2O2. The molecule has 1 aromatic carbocycles. The van der Waals surface area contributed by atoms with Crippen LogP contribution in [-0.4, -0.2) is 29.3 Å². The number of nitrogens with zero attached hydrogens (tertiary/aromatic N) is 1. The molecule has 0 bridgehead atoms. The van der Waals surface area contributed by atoms with Gasteiger partial charge in [0.1, 0.15) is 0 Å². The number of benzene rings is 1. The average molecular weight is 281 g/mol. The predicted octanol–water partition coefficient (Wildman–Crippen LogP) is 2.21. The number of carbonyl (C=O) groups is 2.